The summed E-state index contributed by atoms with van der Waals surface area (Å²) in [6.07, 6.45) is 14.1. The molecule has 0 aliphatic heterocycles. The zero-order chi connectivity index (χ0) is 14.7. The van der Waals surface area contributed by atoms with Crippen molar-refractivity contribution in [1.82, 2.24) is 0 Å². The van der Waals surface area contributed by atoms with Crippen LogP contribution in [0.5, 0.6) is 5.75 Å². The Morgan fingerprint density at radius 2 is 1.90 bits per heavy atom. The van der Waals surface area contributed by atoms with Crippen LogP contribution in [-0.2, 0) is 0 Å². The average Bonchev–Trinajstić information content (AvgIpc) is 2.53. The van der Waals surface area contributed by atoms with Gasteiger partial charge in [-0.2, -0.15) is 0 Å². The molecule has 0 heterocycles. The summed E-state index contributed by atoms with van der Waals surface area (Å²) in [5.74, 6) is 2.64. The Morgan fingerprint density at radius 3 is 2.67 bits per heavy atom. The fourth-order valence-corrected chi connectivity index (χ4v) is 4.12. The zero-order valence-electron chi connectivity index (χ0n) is 12.9. The van der Waals surface area contributed by atoms with Gasteiger partial charge in [0, 0.05) is 0 Å². The lowest BCUT2D eigenvalue weighted by atomic mass is 9.67. The summed E-state index contributed by atoms with van der Waals surface area (Å²) in [5, 5.41) is 0. The fourth-order valence-electron chi connectivity index (χ4n) is 4.12. The molecule has 0 amide bonds. The lowest BCUT2D eigenvalue weighted by Crippen LogP contribution is -2.26. The van der Waals surface area contributed by atoms with E-state index in [1.165, 1.54) is 52.1 Å². The number of fused-ring (bicyclic) bond motifs is 1. The zero-order valence-corrected chi connectivity index (χ0v) is 12.9. The quantitative estimate of drug-likeness (QED) is 0.718. The maximum Gasteiger partial charge on any atom is 0.165 e. The van der Waals surface area contributed by atoms with Crippen molar-refractivity contribution in [3.8, 4) is 5.75 Å². The predicted molar refractivity (Wildman–Crippen MR) is 84.8 cm³/mol. The molecule has 3 rings (SSSR count). The molecule has 2 aliphatic carbocycles. The summed E-state index contributed by atoms with van der Waals surface area (Å²) in [7, 11) is 1.50. The highest BCUT2D eigenvalue weighted by molar-refractivity contribution is 5.51. The highest BCUT2D eigenvalue weighted by Gasteiger charge is 2.30. The molecule has 2 aliphatic rings. The molecular weight excluding hydrogens is 263 g/mol. The molecule has 2 saturated carbocycles. The Kier molecular flexibility index (Phi) is 4.62. The van der Waals surface area contributed by atoms with Gasteiger partial charge in [0.15, 0.2) is 11.6 Å². The number of benzene rings is 1. The van der Waals surface area contributed by atoms with Crippen molar-refractivity contribution >= 4 is 6.08 Å². The molecule has 0 bridgehead atoms. The summed E-state index contributed by atoms with van der Waals surface area (Å²) in [6.45, 7) is 0. The van der Waals surface area contributed by atoms with E-state index in [2.05, 4.69) is 12.2 Å². The van der Waals surface area contributed by atoms with E-state index >= 15 is 0 Å². The number of ether oxygens (including phenoxy) is 1. The second-order valence-electron chi connectivity index (χ2n) is 6.63. The molecule has 0 saturated heterocycles. The molecule has 0 N–H and O–H groups in total. The average molecular weight is 288 g/mol. The number of hydrogen-bond donors (Lipinski definition) is 0. The van der Waals surface area contributed by atoms with Gasteiger partial charge in [0.05, 0.1) is 7.11 Å². The van der Waals surface area contributed by atoms with Crippen LogP contribution < -0.4 is 4.74 Å². The summed E-state index contributed by atoms with van der Waals surface area (Å²) >= 11 is 0. The first kappa shape index (κ1) is 14.6. The van der Waals surface area contributed by atoms with Gasteiger partial charge < -0.3 is 4.74 Å². The van der Waals surface area contributed by atoms with E-state index in [4.69, 9.17) is 4.74 Å². The van der Waals surface area contributed by atoms with Gasteiger partial charge in [-0.3, -0.25) is 0 Å². The van der Waals surface area contributed by atoms with Crippen molar-refractivity contribution in [1.29, 1.82) is 0 Å². The van der Waals surface area contributed by atoms with Crippen molar-refractivity contribution in [2.45, 2.75) is 44.9 Å². The second kappa shape index (κ2) is 6.64. The van der Waals surface area contributed by atoms with Crippen LogP contribution >= 0.6 is 0 Å². The summed E-state index contributed by atoms with van der Waals surface area (Å²) < 4.78 is 18.6. The fraction of sp³-hybridized carbons (Fsp3) is 0.579. The van der Waals surface area contributed by atoms with E-state index in [-0.39, 0.29) is 5.82 Å². The van der Waals surface area contributed by atoms with E-state index in [1.54, 1.807) is 12.1 Å². The molecule has 3 atom stereocenters. The number of halogens is 1. The molecule has 114 valence electrons. The van der Waals surface area contributed by atoms with E-state index in [9.17, 15) is 4.39 Å². The van der Waals surface area contributed by atoms with Gasteiger partial charge in [-0.1, -0.05) is 43.9 Å². The largest absolute Gasteiger partial charge is 0.494 e. The first-order valence-corrected chi connectivity index (χ1v) is 8.28. The van der Waals surface area contributed by atoms with Crippen LogP contribution in [0.1, 0.15) is 50.5 Å². The molecule has 0 radical (unpaired) electrons. The van der Waals surface area contributed by atoms with Crippen molar-refractivity contribution in [3.63, 3.8) is 0 Å². The Labute approximate surface area is 127 Å². The van der Waals surface area contributed by atoms with Crippen LogP contribution in [0.15, 0.2) is 24.3 Å². The third-order valence-corrected chi connectivity index (χ3v) is 5.32. The topological polar surface area (TPSA) is 9.23 Å². The van der Waals surface area contributed by atoms with Gasteiger partial charge in [-0.25, -0.2) is 4.39 Å². The summed E-state index contributed by atoms with van der Waals surface area (Å²) in [5.41, 5.74) is 0.930. The van der Waals surface area contributed by atoms with Gasteiger partial charge in [0.25, 0.3) is 0 Å². The highest BCUT2D eigenvalue weighted by atomic mass is 19.1. The van der Waals surface area contributed by atoms with Crippen LogP contribution in [0, 0.1) is 23.6 Å². The third kappa shape index (κ3) is 3.48. The van der Waals surface area contributed by atoms with Crippen molar-refractivity contribution < 1.29 is 9.13 Å². The molecule has 1 aromatic rings. The molecule has 2 heteroatoms. The summed E-state index contributed by atoms with van der Waals surface area (Å²) in [6, 6.07) is 5.18. The van der Waals surface area contributed by atoms with Crippen LogP contribution in [0.3, 0.4) is 0 Å². The Morgan fingerprint density at radius 1 is 1.10 bits per heavy atom. The Balaban J connectivity index is 1.62. The Hall–Kier alpha value is -1.31. The van der Waals surface area contributed by atoms with Crippen LogP contribution in [-0.4, -0.2) is 7.11 Å². The van der Waals surface area contributed by atoms with Gasteiger partial charge in [0.1, 0.15) is 0 Å². The molecule has 1 aromatic carbocycles. The predicted octanol–water partition coefficient (Wildman–Crippen LogP) is 5.45. The maximum atomic E-state index is 13.7. The van der Waals surface area contributed by atoms with Gasteiger partial charge in [0.2, 0.25) is 0 Å². The second-order valence-corrected chi connectivity index (χ2v) is 6.63. The highest BCUT2D eigenvalue weighted by Crippen LogP contribution is 2.43. The molecule has 1 nitrogen and oxygen atoms in total. The van der Waals surface area contributed by atoms with Crippen molar-refractivity contribution in [2.24, 2.45) is 17.8 Å². The molecule has 3 unspecified atom stereocenters. The number of hydrogen-bond acceptors (Lipinski definition) is 1. The summed E-state index contributed by atoms with van der Waals surface area (Å²) in [4.78, 5) is 0. The number of allylic oxidation sites excluding steroid dienone is 1. The van der Waals surface area contributed by atoms with Gasteiger partial charge in [-0.05, 0) is 54.7 Å². The number of rotatable bonds is 3. The van der Waals surface area contributed by atoms with E-state index in [1.807, 2.05) is 6.07 Å². The van der Waals surface area contributed by atoms with E-state index < -0.39 is 0 Å². The molecule has 0 aromatic heterocycles. The number of methoxy groups -OCH3 is 1. The Bertz CT molecular complexity index is 508. The van der Waals surface area contributed by atoms with E-state index in [0.717, 1.165) is 17.4 Å². The smallest absolute Gasteiger partial charge is 0.165 e. The molecular formula is C19H25FO. The van der Waals surface area contributed by atoms with Crippen LogP contribution in [0.25, 0.3) is 6.08 Å². The molecule has 0 spiro atoms. The molecule has 21 heavy (non-hydrogen) atoms. The van der Waals surface area contributed by atoms with Crippen molar-refractivity contribution in [2.75, 3.05) is 7.11 Å². The lowest BCUT2D eigenvalue weighted by molar-refractivity contribution is 0.147. The van der Waals surface area contributed by atoms with Crippen LogP contribution in [0.2, 0.25) is 0 Å². The molecule has 2 fully saturated rings. The first-order chi connectivity index (χ1) is 10.3. The third-order valence-electron chi connectivity index (χ3n) is 5.32. The minimum absolute atomic E-state index is 0.282. The van der Waals surface area contributed by atoms with Crippen LogP contribution in [0.4, 0.5) is 4.39 Å². The normalized spacial score (nSPS) is 29.3. The minimum atomic E-state index is -0.282. The van der Waals surface area contributed by atoms with E-state index in [0.29, 0.717) is 11.7 Å². The minimum Gasteiger partial charge on any atom is -0.494 e. The SMILES string of the molecule is COc1ccc(/C=C/C2CCC3CCCCC3C2)cc1F. The van der Waals surface area contributed by atoms with Gasteiger partial charge in [-0.15, -0.1) is 0 Å². The van der Waals surface area contributed by atoms with Crippen molar-refractivity contribution in [3.05, 3.63) is 35.7 Å². The lowest BCUT2D eigenvalue weighted by Gasteiger charge is -2.38. The van der Waals surface area contributed by atoms with Gasteiger partial charge >= 0.3 is 0 Å². The standard InChI is InChI=1S/C19H25FO/c1-21-19-11-9-15(13-18(19)20)7-6-14-8-10-16-4-2-3-5-17(16)12-14/h6-7,9,11,13-14,16-17H,2-5,8,10,12H2,1H3/b7-6+. The first-order valence-electron chi connectivity index (χ1n) is 8.28. The monoisotopic (exact) mass is 288 g/mol. The maximum absolute atomic E-state index is 13.7.